The Labute approximate surface area is 183 Å². The summed E-state index contributed by atoms with van der Waals surface area (Å²) in [4.78, 5) is 26.8. The maximum absolute atomic E-state index is 13.8. The molecule has 9 heteroatoms. The Morgan fingerprint density at radius 2 is 1.90 bits per heavy atom. The minimum absolute atomic E-state index is 0.0175. The molecule has 160 valence electrons. The molecule has 4 rings (SSSR count). The fraction of sp³-hybridized carbons (Fsp3) is 0.273. The average molecular weight is 440 g/mol. The van der Waals surface area contributed by atoms with Crippen molar-refractivity contribution in [3.8, 4) is 0 Å². The zero-order valence-electron chi connectivity index (χ0n) is 17.0. The Morgan fingerprint density at radius 1 is 1.13 bits per heavy atom. The van der Waals surface area contributed by atoms with E-state index in [2.05, 4.69) is 15.5 Å². The molecule has 0 fully saturated rings. The van der Waals surface area contributed by atoms with Crippen LogP contribution in [0.2, 0.25) is 0 Å². The maximum Gasteiger partial charge on any atom is 0.254 e. The molecule has 0 aliphatic carbocycles. The van der Waals surface area contributed by atoms with Gasteiger partial charge in [0.15, 0.2) is 11.0 Å². The number of rotatable bonds is 7. The summed E-state index contributed by atoms with van der Waals surface area (Å²) in [5.41, 5.74) is 2.14. The van der Waals surface area contributed by atoms with Crippen molar-refractivity contribution < 1.29 is 14.0 Å². The predicted molar refractivity (Wildman–Crippen MR) is 116 cm³/mol. The van der Waals surface area contributed by atoms with Gasteiger partial charge in [-0.15, -0.1) is 10.2 Å². The second kappa shape index (κ2) is 9.30. The standard InChI is InChI=1S/C22H22FN5O2S/c1-2-27-19(13-24-21(30)16-8-4-5-9-17(16)23)25-26-22(27)31-14-20(29)28-12-11-15-7-3-6-10-18(15)28/h3-10H,2,11-14H2,1H3,(H,24,30). The number of nitrogens with one attached hydrogen (secondary N) is 1. The van der Waals surface area contributed by atoms with Crippen LogP contribution in [0, 0.1) is 5.82 Å². The van der Waals surface area contributed by atoms with E-state index in [1.54, 1.807) is 6.07 Å². The summed E-state index contributed by atoms with van der Waals surface area (Å²) in [7, 11) is 0. The highest BCUT2D eigenvalue weighted by atomic mass is 32.2. The lowest BCUT2D eigenvalue weighted by Crippen LogP contribution is -2.30. The molecular weight excluding hydrogens is 417 g/mol. The highest BCUT2D eigenvalue weighted by Crippen LogP contribution is 2.28. The molecule has 1 N–H and O–H groups in total. The summed E-state index contributed by atoms with van der Waals surface area (Å²) >= 11 is 1.32. The molecule has 1 aliphatic heterocycles. The molecule has 2 amide bonds. The number of amides is 2. The summed E-state index contributed by atoms with van der Waals surface area (Å²) < 4.78 is 15.6. The van der Waals surface area contributed by atoms with E-state index in [0.717, 1.165) is 12.1 Å². The molecule has 1 aromatic heterocycles. The monoisotopic (exact) mass is 439 g/mol. The number of fused-ring (bicyclic) bond motifs is 1. The van der Waals surface area contributed by atoms with E-state index in [0.29, 0.717) is 24.1 Å². The second-order valence-electron chi connectivity index (χ2n) is 7.02. The van der Waals surface area contributed by atoms with Crippen molar-refractivity contribution >= 4 is 29.3 Å². The topological polar surface area (TPSA) is 80.1 Å². The summed E-state index contributed by atoms with van der Waals surface area (Å²) in [5.74, 6) is -0.270. The van der Waals surface area contributed by atoms with Crippen molar-refractivity contribution in [2.24, 2.45) is 0 Å². The maximum atomic E-state index is 13.8. The number of aromatic nitrogens is 3. The Hall–Kier alpha value is -3.20. The summed E-state index contributed by atoms with van der Waals surface area (Å²) in [6.45, 7) is 3.32. The lowest BCUT2D eigenvalue weighted by molar-refractivity contribution is -0.116. The fourth-order valence-electron chi connectivity index (χ4n) is 3.58. The number of carbonyl (C=O) groups is 2. The van der Waals surface area contributed by atoms with Crippen LogP contribution in [0.25, 0.3) is 0 Å². The number of benzene rings is 2. The fourth-order valence-corrected chi connectivity index (χ4v) is 4.47. The first kappa shape index (κ1) is 21.0. The number of carbonyl (C=O) groups excluding carboxylic acids is 2. The third kappa shape index (κ3) is 4.46. The number of hydrogen-bond donors (Lipinski definition) is 1. The van der Waals surface area contributed by atoms with Gasteiger partial charge in [0.25, 0.3) is 5.91 Å². The Kier molecular flexibility index (Phi) is 6.31. The van der Waals surface area contributed by atoms with Gasteiger partial charge < -0.3 is 14.8 Å². The molecule has 0 unspecified atom stereocenters. The van der Waals surface area contributed by atoms with Gasteiger partial charge in [0.1, 0.15) is 5.82 Å². The van der Waals surface area contributed by atoms with E-state index >= 15 is 0 Å². The lowest BCUT2D eigenvalue weighted by Gasteiger charge is -2.17. The van der Waals surface area contributed by atoms with Crippen LogP contribution in [0.4, 0.5) is 10.1 Å². The van der Waals surface area contributed by atoms with Gasteiger partial charge in [0.2, 0.25) is 5.91 Å². The van der Waals surface area contributed by atoms with Crippen LogP contribution in [-0.2, 0) is 24.3 Å². The van der Waals surface area contributed by atoms with E-state index in [1.165, 1.54) is 35.5 Å². The first-order chi connectivity index (χ1) is 15.1. The van der Waals surface area contributed by atoms with Crippen LogP contribution >= 0.6 is 11.8 Å². The highest BCUT2D eigenvalue weighted by Gasteiger charge is 2.25. The van der Waals surface area contributed by atoms with Crippen LogP contribution in [-0.4, -0.2) is 38.9 Å². The van der Waals surface area contributed by atoms with E-state index in [1.807, 2.05) is 40.7 Å². The van der Waals surface area contributed by atoms with Crippen molar-refractivity contribution in [2.45, 2.75) is 31.6 Å². The zero-order valence-corrected chi connectivity index (χ0v) is 17.9. The smallest absolute Gasteiger partial charge is 0.254 e. The van der Waals surface area contributed by atoms with Gasteiger partial charge in [-0.2, -0.15) is 0 Å². The molecule has 0 saturated heterocycles. The molecule has 0 bridgehead atoms. The number of halogens is 1. The van der Waals surface area contributed by atoms with Crippen LogP contribution in [0.3, 0.4) is 0 Å². The molecule has 7 nitrogen and oxygen atoms in total. The van der Waals surface area contributed by atoms with Gasteiger partial charge in [-0.05, 0) is 37.1 Å². The normalized spacial score (nSPS) is 12.6. The Morgan fingerprint density at radius 3 is 2.71 bits per heavy atom. The van der Waals surface area contributed by atoms with Crippen LogP contribution in [0.1, 0.15) is 28.7 Å². The Bertz CT molecular complexity index is 1120. The van der Waals surface area contributed by atoms with Gasteiger partial charge in [0, 0.05) is 18.8 Å². The molecular formula is C22H22FN5O2S. The van der Waals surface area contributed by atoms with Gasteiger partial charge in [-0.3, -0.25) is 9.59 Å². The number of para-hydroxylation sites is 1. The molecule has 0 saturated carbocycles. The summed E-state index contributed by atoms with van der Waals surface area (Å²) in [5, 5.41) is 11.6. The molecule has 3 aromatic rings. The SMILES string of the molecule is CCn1c(CNC(=O)c2ccccc2F)nnc1SCC(=O)N1CCc2ccccc21. The minimum atomic E-state index is -0.574. The first-order valence-electron chi connectivity index (χ1n) is 10.0. The lowest BCUT2D eigenvalue weighted by atomic mass is 10.2. The van der Waals surface area contributed by atoms with E-state index < -0.39 is 11.7 Å². The third-order valence-electron chi connectivity index (χ3n) is 5.15. The molecule has 1 aliphatic rings. The number of thioether (sulfide) groups is 1. The number of nitrogens with zero attached hydrogens (tertiary/aromatic N) is 4. The van der Waals surface area contributed by atoms with Crippen molar-refractivity contribution in [2.75, 3.05) is 17.2 Å². The molecule has 0 spiro atoms. The van der Waals surface area contributed by atoms with Gasteiger partial charge in [0.05, 0.1) is 17.9 Å². The van der Waals surface area contributed by atoms with E-state index in [4.69, 9.17) is 0 Å². The van der Waals surface area contributed by atoms with Crippen molar-refractivity contribution in [1.82, 2.24) is 20.1 Å². The van der Waals surface area contributed by atoms with Crippen LogP contribution < -0.4 is 10.2 Å². The summed E-state index contributed by atoms with van der Waals surface area (Å²) in [6, 6.07) is 13.8. The minimum Gasteiger partial charge on any atom is -0.345 e. The zero-order chi connectivity index (χ0) is 21.8. The Balaban J connectivity index is 1.38. The number of hydrogen-bond acceptors (Lipinski definition) is 5. The van der Waals surface area contributed by atoms with E-state index in [9.17, 15) is 14.0 Å². The molecule has 2 aromatic carbocycles. The van der Waals surface area contributed by atoms with Crippen LogP contribution in [0.5, 0.6) is 0 Å². The highest BCUT2D eigenvalue weighted by molar-refractivity contribution is 7.99. The van der Waals surface area contributed by atoms with Crippen molar-refractivity contribution in [3.05, 3.63) is 71.3 Å². The summed E-state index contributed by atoms with van der Waals surface area (Å²) in [6.07, 6.45) is 0.865. The van der Waals surface area contributed by atoms with Crippen molar-refractivity contribution in [1.29, 1.82) is 0 Å². The first-order valence-corrected chi connectivity index (χ1v) is 11.0. The molecule has 2 heterocycles. The predicted octanol–water partition coefficient (Wildman–Crippen LogP) is 3.05. The molecule has 31 heavy (non-hydrogen) atoms. The average Bonchev–Trinajstić information content (AvgIpc) is 3.39. The quantitative estimate of drug-likeness (QED) is 0.573. The van der Waals surface area contributed by atoms with Crippen molar-refractivity contribution in [3.63, 3.8) is 0 Å². The van der Waals surface area contributed by atoms with Gasteiger partial charge in [-0.25, -0.2) is 4.39 Å². The van der Waals surface area contributed by atoms with Crippen LogP contribution in [0.15, 0.2) is 53.7 Å². The second-order valence-corrected chi connectivity index (χ2v) is 7.96. The third-order valence-corrected chi connectivity index (χ3v) is 6.10. The van der Waals surface area contributed by atoms with E-state index in [-0.39, 0.29) is 23.8 Å². The molecule has 0 radical (unpaired) electrons. The largest absolute Gasteiger partial charge is 0.345 e. The van der Waals surface area contributed by atoms with Gasteiger partial charge >= 0.3 is 0 Å². The van der Waals surface area contributed by atoms with Gasteiger partial charge in [-0.1, -0.05) is 42.1 Å². The molecule has 0 atom stereocenters. The number of anilines is 1.